The minimum Gasteiger partial charge on any atom is -0.465 e. The van der Waals surface area contributed by atoms with Gasteiger partial charge in [-0.25, -0.2) is 4.79 Å². The molecular formula is C17H26N2O2. The van der Waals surface area contributed by atoms with E-state index in [0.29, 0.717) is 23.2 Å². The maximum atomic E-state index is 11.8. The molecule has 1 fully saturated rings. The Labute approximate surface area is 127 Å². The van der Waals surface area contributed by atoms with Crippen molar-refractivity contribution in [2.24, 2.45) is 5.92 Å². The number of hydrogen-bond acceptors (Lipinski definition) is 4. The van der Waals surface area contributed by atoms with E-state index in [4.69, 9.17) is 10.5 Å². The number of anilines is 2. The SMILES string of the molecule is COC(=O)c1cc(N(CC(C)C)C2CCCC2)ccc1N. The minimum absolute atomic E-state index is 0.370. The van der Waals surface area contributed by atoms with Crippen molar-refractivity contribution < 1.29 is 9.53 Å². The van der Waals surface area contributed by atoms with Crippen LogP contribution in [-0.2, 0) is 4.74 Å². The van der Waals surface area contributed by atoms with Crippen LogP contribution in [0.4, 0.5) is 11.4 Å². The second-order valence-corrected chi connectivity index (χ2v) is 6.25. The number of carbonyl (C=O) groups is 1. The lowest BCUT2D eigenvalue weighted by Crippen LogP contribution is -2.36. The number of nitrogens with two attached hydrogens (primary N) is 1. The third kappa shape index (κ3) is 3.69. The van der Waals surface area contributed by atoms with Crippen LogP contribution < -0.4 is 10.6 Å². The molecule has 0 bridgehead atoms. The van der Waals surface area contributed by atoms with Gasteiger partial charge in [-0.2, -0.15) is 0 Å². The number of nitrogens with zero attached hydrogens (tertiary/aromatic N) is 1. The van der Waals surface area contributed by atoms with Crippen molar-refractivity contribution in [3.63, 3.8) is 0 Å². The lowest BCUT2D eigenvalue weighted by molar-refractivity contribution is 0.0602. The van der Waals surface area contributed by atoms with Gasteiger partial charge in [0, 0.05) is 24.0 Å². The van der Waals surface area contributed by atoms with Gasteiger partial charge in [0.25, 0.3) is 0 Å². The van der Waals surface area contributed by atoms with E-state index >= 15 is 0 Å². The van der Waals surface area contributed by atoms with E-state index in [2.05, 4.69) is 18.7 Å². The summed E-state index contributed by atoms with van der Waals surface area (Å²) in [5, 5.41) is 0. The van der Waals surface area contributed by atoms with Crippen LogP contribution in [-0.4, -0.2) is 25.7 Å². The molecule has 116 valence electrons. The first-order valence-electron chi connectivity index (χ1n) is 7.77. The summed E-state index contributed by atoms with van der Waals surface area (Å²) >= 11 is 0. The molecule has 1 saturated carbocycles. The van der Waals surface area contributed by atoms with Crippen molar-refractivity contribution in [1.29, 1.82) is 0 Å². The predicted octanol–water partition coefficient (Wildman–Crippen LogP) is 3.46. The van der Waals surface area contributed by atoms with Gasteiger partial charge in [0.2, 0.25) is 0 Å². The van der Waals surface area contributed by atoms with Gasteiger partial charge < -0.3 is 15.4 Å². The molecule has 0 unspecified atom stereocenters. The Bertz CT molecular complexity index is 494. The zero-order valence-electron chi connectivity index (χ0n) is 13.3. The molecule has 0 saturated heterocycles. The van der Waals surface area contributed by atoms with Crippen LogP contribution in [0, 0.1) is 5.92 Å². The van der Waals surface area contributed by atoms with E-state index in [-0.39, 0.29) is 5.97 Å². The minimum atomic E-state index is -0.370. The molecule has 2 N–H and O–H groups in total. The first-order valence-corrected chi connectivity index (χ1v) is 7.77. The molecule has 0 aromatic heterocycles. The Morgan fingerprint density at radius 1 is 1.38 bits per heavy atom. The van der Waals surface area contributed by atoms with Gasteiger partial charge in [0.15, 0.2) is 0 Å². The fourth-order valence-corrected chi connectivity index (χ4v) is 3.08. The topological polar surface area (TPSA) is 55.6 Å². The van der Waals surface area contributed by atoms with Gasteiger partial charge in [-0.05, 0) is 37.0 Å². The molecule has 1 aromatic rings. The van der Waals surface area contributed by atoms with Crippen LogP contribution in [0.15, 0.2) is 18.2 Å². The molecule has 4 heteroatoms. The Kier molecular flexibility index (Phi) is 5.10. The number of methoxy groups -OCH3 is 1. The standard InChI is InChI=1S/C17H26N2O2/c1-12(2)11-19(13-6-4-5-7-13)14-8-9-16(18)15(10-14)17(20)21-3/h8-10,12-13H,4-7,11,18H2,1-3H3. The third-order valence-electron chi connectivity index (χ3n) is 4.10. The number of esters is 1. The van der Waals surface area contributed by atoms with Crippen LogP contribution in [0.25, 0.3) is 0 Å². The molecular weight excluding hydrogens is 264 g/mol. The molecule has 0 heterocycles. The number of hydrogen-bond donors (Lipinski definition) is 1. The average molecular weight is 290 g/mol. The maximum Gasteiger partial charge on any atom is 0.340 e. The van der Waals surface area contributed by atoms with Gasteiger partial charge in [-0.3, -0.25) is 0 Å². The maximum absolute atomic E-state index is 11.8. The highest BCUT2D eigenvalue weighted by atomic mass is 16.5. The zero-order chi connectivity index (χ0) is 15.4. The fourth-order valence-electron chi connectivity index (χ4n) is 3.08. The number of benzene rings is 1. The summed E-state index contributed by atoms with van der Waals surface area (Å²) in [6, 6.07) is 6.27. The highest BCUT2D eigenvalue weighted by Crippen LogP contribution is 2.31. The van der Waals surface area contributed by atoms with Gasteiger partial charge in [0.05, 0.1) is 12.7 Å². The molecule has 1 aliphatic carbocycles. The van der Waals surface area contributed by atoms with Crippen LogP contribution in [0.1, 0.15) is 49.9 Å². The van der Waals surface area contributed by atoms with Crippen LogP contribution in [0.5, 0.6) is 0 Å². The average Bonchev–Trinajstić information content (AvgIpc) is 2.98. The molecule has 0 spiro atoms. The van der Waals surface area contributed by atoms with Crippen LogP contribution in [0.3, 0.4) is 0 Å². The lowest BCUT2D eigenvalue weighted by atomic mass is 10.1. The lowest BCUT2D eigenvalue weighted by Gasteiger charge is -2.33. The second-order valence-electron chi connectivity index (χ2n) is 6.25. The quantitative estimate of drug-likeness (QED) is 0.666. The highest BCUT2D eigenvalue weighted by molar-refractivity contribution is 5.96. The monoisotopic (exact) mass is 290 g/mol. The molecule has 0 aliphatic heterocycles. The molecule has 0 atom stereocenters. The summed E-state index contributed by atoms with van der Waals surface area (Å²) in [7, 11) is 1.39. The summed E-state index contributed by atoms with van der Waals surface area (Å²) in [6.45, 7) is 5.44. The zero-order valence-corrected chi connectivity index (χ0v) is 13.3. The number of carbonyl (C=O) groups excluding carboxylic acids is 1. The second kappa shape index (κ2) is 6.83. The van der Waals surface area contributed by atoms with Crippen molar-refractivity contribution in [2.75, 3.05) is 24.3 Å². The molecule has 21 heavy (non-hydrogen) atoms. The summed E-state index contributed by atoms with van der Waals surface area (Å²) < 4.78 is 4.82. The van der Waals surface area contributed by atoms with Crippen molar-refractivity contribution in [1.82, 2.24) is 0 Å². The van der Waals surface area contributed by atoms with E-state index in [1.807, 2.05) is 18.2 Å². The normalized spacial score (nSPS) is 15.4. The van der Waals surface area contributed by atoms with E-state index in [1.165, 1.54) is 32.8 Å². The summed E-state index contributed by atoms with van der Waals surface area (Å²) in [5.41, 5.74) is 7.91. The summed E-state index contributed by atoms with van der Waals surface area (Å²) in [5.74, 6) is 0.204. The van der Waals surface area contributed by atoms with Gasteiger partial charge in [-0.15, -0.1) is 0 Å². The van der Waals surface area contributed by atoms with E-state index in [0.717, 1.165) is 12.2 Å². The molecule has 0 amide bonds. The van der Waals surface area contributed by atoms with Gasteiger partial charge in [-0.1, -0.05) is 26.7 Å². The van der Waals surface area contributed by atoms with Crippen molar-refractivity contribution in [2.45, 2.75) is 45.6 Å². The molecule has 0 radical (unpaired) electrons. The molecule has 2 rings (SSSR count). The van der Waals surface area contributed by atoms with Crippen LogP contribution >= 0.6 is 0 Å². The first-order chi connectivity index (χ1) is 10.0. The fraction of sp³-hybridized carbons (Fsp3) is 0.588. The highest BCUT2D eigenvalue weighted by Gasteiger charge is 2.24. The van der Waals surface area contributed by atoms with E-state index in [1.54, 1.807) is 0 Å². The summed E-state index contributed by atoms with van der Waals surface area (Å²) in [6.07, 6.45) is 5.03. The smallest absolute Gasteiger partial charge is 0.340 e. The number of nitrogen functional groups attached to an aromatic ring is 1. The van der Waals surface area contributed by atoms with E-state index < -0.39 is 0 Å². The predicted molar refractivity (Wildman–Crippen MR) is 86.6 cm³/mol. The Balaban J connectivity index is 2.32. The Morgan fingerprint density at radius 2 is 2.05 bits per heavy atom. The number of rotatable bonds is 5. The molecule has 1 aliphatic rings. The Morgan fingerprint density at radius 3 is 2.62 bits per heavy atom. The van der Waals surface area contributed by atoms with Gasteiger partial charge in [0.1, 0.15) is 0 Å². The van der Waals surface area contributed by atoms with Crippen molar-refractivity contribution >= 4 is 17.3 Å². The van der Waals surface area contributed by atoms with E-state index in [9.17, 15) is 4.79 Å². The van der Waals surface area contributed by atoms with Crippen molar-refractivity contribution in [3.05, 3.63) is 23.8 Å². The summed E-state index contributed by atoms with van der Waals surface area (Å²) in [4.78, 5) is 14.3. The number of ether oxygens (including phenoxy) is 1. The van der Waals surface area contributed by atoms with Gasteiger partial charge >= 0.3 is 5.97 Å². The van der Waals surface area contributed by atoms with Crippen molar-refractivity contribution in [3.8, 4) is 0 Å². The third-order valence-corrected chi connectivity index (χ3v) is 4.10. The molecule has 4 nitrogen and oxygen atoms in total. The van der Waals surface area contributed by atoms with Crippen LogP contribution in [0.2, 0.25) is 0 Å². The molecule has 1 aromatic carbocycles. The Hall–Kier alpha value is -1.71. The first kappa shape index (κ1) is 15.7. The largest absolute Gasteiger partial charge is 0.465 e.